The van der Waals surface area contributed by atoms with Crippen molar-refractivity contribution in [2.75, 3.05) is 40.9 Å². The number of quaternary nitrogens is 1. The molecule has 0 radical (unpaired) electrons. The average molecular weight is 1000 g/mol. The fourth-order valence-corrected chi connectivity index (χ4v) is 9.36. The number of phosphoric acid groups is 1. The van der Waals surface area contributed by atoms with Gasteiger partial charge in [0.2, 0.25) is 5.91 Å². The van der Waals surface area contributed by atoms with Crippen molar-refractivity contribution in [2.24, 2.45) is 0 Å². The Labute approximate surface area is 434 Å². The van der Waals surface area contributed by atoms with Crippen molar-refractivity contribution in [3.8, 4) is 0 Å². The molecule has 9 heteroatoms. The number of phosphoric ester groups is 1. The summed E-state index contributed by atoms with van der Waals surface area (Å²) in [6.07, 6.45) is 70.3. The average Bonchev–Trinajstić information content (AvgIpc) is 3.32. The van der Waals surface area contributed by atoms with Gasteiger partial charge in [-0.1, -0.05) is 267 Å². The van der Waals surface area contributed by atoms with Gasteiger partial charge in [0.05, 0.1) is 39.9 Å². The number of likely N-dealkylation sites (N-methyl/N-ethyl adjacent to an activating group) is 1. The minimum atomic E-state index is -4.35. The van der Waals surface area contributed by atoms with Crippen LogP contribution >= 0.6 is 7.82 Å². The summed E-state index contributed by atoms with van der Waals surface area (Å²) >= 11 is 0. The summed E-state index contributed by atoms with van der Waals surface area (Å²) in [7, 11) is 1.57. The lowest BCUT2D eigenvalue weighted by atomic mass is 10.0. The van der Waals surface area contributed by atoms with Gasteiger partial charge in [0.15, 0.2) is 0 Å². The van der Waals surface area contributed by atoms with Crippen LogP contribution in [0.4, 0.5) is 0 Å². The first kappa shape index (κ1) is 68.2. The minimum absolute atomic E-state index is 0.0600. The molecule has 0 aliphatic carbocycles. The molecule has 0 heterocycles. The van der Waals surface area contributed by atoms with Crippen molar-refractivity contribution in [3.05, 3.63) is 60.8 Å². The Morgan fingerprint density at radius 2 is 0.857 bits per heavy atom. The van der Waals surface area contributed by atoms with E-state index in [1.807, 2.05) is 27.2 Å². The van der Waals surface area contributed by atoms with Crippen LogP contribution in [0.25, 0.3) is 0 Å². The van der Waals surface area contributed by atoms with Crippen LogP contribution in [0.3, 0.4) is 0 Å². The number of nitrogens with zero attached hydrogens (tertiary/aromatic N) is 1. The largest absolute Gasteiger partial charge is 0.472 e. The lowest BCUT2D eigenvalue weighted by Crippen LogP contribution is -2.45. The summed E-state index contributed by atoms with van der Waals surface area (Å²) in [6.45, 7) is 4.73. The van der Waals surface area contributed by atoms with Crippen LogP contribution in [0.2, 0.25) is 0 Å². The third kappa shape index (κ3) is 54.0. The standard InChI is InChI=1S/C61H115N2O6P/c1-6-8-10-12-14-16-18-20-22-24-26-28-30-31-33-35-37-39-41-43-45-47-49-51-53-55-61(65)62-59(58-69-70(66,67)68-57-56-63(3,4)5)60(64)54-52-50-48-46-44-42-40-38-36-34-32-29-27-25-23-21-19-17-15-13-11-9-7-2/h8,10,14,16,20,22,26,28,52,54,59-60,64H,6-7,9,11-13,15,17-19,21,23-25,27,29-51,53,55-58H2,1-5H3,(H-,62,65,66,67)/p+1/b10-8-,16-14-,22-20-,28-26-,54-52+. The highest BCUT2D eigenvalue weighted by molar-refractivity contribution is 7.47. The molecule has 0 fully saturated rings. The van der Waals surface area contributed by atoms with E-state index in [1.165, 1.54) is 186 Å². The topological polar surface area (TPSA) is 105 Å². The zero-order chi connectivity index (χ0) is 51.3. The molecule has 0 aliphatic heterocycles. The minimum Gasteiger partial charge on any atom is -0.387 e. The Bertz CT molecular complexity index is 1320. The van der Waals surface area contributed by atoms with Gasteiger partial charge in [-0.2, -0.15) is 0 Å². The maximum atomic E-state index is 13.0. The van der Waals surface area contributed by atoms with Crippen LogP contribution in [0.1, 0.15) is 271 Å². The molecule has 0 aromatic rings. The third-order valence-corrected chi connectivity index (χ3v) is 14.2. The molecule has 0 aromatic carbocycles. The van der Waals surface area contributed by atoms with Crippen molar-refractivity contribution in [3.63, 3.8) is 0 Å². The monoisotopic (exact) mass is 1000 g/mol. The van der Waals surface area contributed by atoms with Crippen LogP contribution in [-0.4, -0.2) is 73.4 Å². The summed E-state index contributed by atoms with van der Waals surface area (Å²) in [4.78, 5) is 23.3. The number of allylic oxidation sites excluding steroid dienone is 9. The van der Waals surface area contributed by atoms with E-state index in [1.54, 1.807) is 6.08 Å². The lowest BCUT2D eigenvalue weighted by Gasteiger charge is -2.25. The maximum absolute atomic E-state index is 13.0. The smallest absolute Gasteiger partial charge is 0.387 e. The summed E-state index contributed by atoms with van der Waals surface area (Å²) in [5, 5.41) is 14.0. The number of hydrogen-bond acceptors (Lipinski definition) is 5. The first-order chi connectivity index (χ1) is 34.0. The second-order valence-electron chi connectivity index (χ2n) is 21.3. The van der Waals surface area contributed by atoms with Crippen LogP contribution in [-0.2, 0) is 18.4 Å². The summed E-state index contributed by atoms with van der Waals surface area (Å²) in [5.41, 5.74) is 0. The number of aliphatic hydroxyl groups is 1. The summed E-state index contributed by atoms with van der Waals surface area (Å²) in [6, 6.07) is -0.851. The Balaban J connectivity index is 4.20. The highest BCUT2D eigenvalue weighted by Crippen LogP contribution is 2.43. The maximum Gasteiger partial charge on any atom is 0.472 e. The quantitative estimate of drug-likeness (QED) is 0.0243. The van der Waals surface area contributed by atoms with Gasteiger partial charge in [-0.25, -0.2) is 4.57 Å². The number of carbonyl (C=O) groups is 1. The van der Waals surface area contributed by atoms with Gasteiger partial charge < -0.3 is 19.8 Å². The van der Waals surface area contributed by atoms with E-state index in [4.69, 9.17) is 9.05 Å². The zero-order valence-corrected chi connectivity index (χ0v) is 47.7. The number of nitrogens with one attached hydrogen (secondary N) is 1. The predicted molar refractivity (Wildman–Crippen MR) is 304 cm³/mol. The molecule has 3 atom stereocenters. The molecule has 0 bridgehead atoms. The van der Waals surface area contributed by atoms with Gasteiger partial charge in [-0.15, -0.1) is 0 Å². The Morgan fingerprint density at radius 1 is 0.500 bits per heavy atom. The number of hydrogen-bond donors (Lipinski definition) is 3. The van der Waals surface area contributed by atoms with E-state index in [0.29, 0.717) is 17.4 Å². The Hall–Kier alpha value is -1.80. The number of carbonyl (C=O) groups excluding carboxylic acids is 1. The fraction of sp³-hybridized carbons (Fsp3) is 0.820. The van der Waals surface area contributed by atoms with Crippen LogP contribution in [0, 0.1) is 0 Å². The molecule has 3 N–H and O–H groups in total. The molecule has 8 nitrogen and oxygen atoms in total. The van der Waals surface area contributed by atoms with Gasteiger partial charge in [-0.05, 0) is 57.8 Å². The van der Waals surface area contributed by atoms with Crippen molar-refractivity contribution in [1.29, 1.82) is 0 Å². The highest BCUT2D eigenvalue weighted by atomic mass is 31.2. The van der Waals surface area contributed by atoms with Crippen molar-refractivity contribution in [1.82, 2.24) is 5.32 Å². The molecule has 1 amide bonds. The normalized spacial score (nSPS) is 14.3. The van der Waals surface area contributed by atoms with Crippen LogP contribution < -0.4 is 5.32 Å². The molecule has 0 saturated heterocycles. The van der Waals surface area contributed by atoms with Crippen molar-refractivity contribution < 1.29 is 32.9 Å². The van der Waals surface area contributed by atoms with Gasteiger partial charge in [0.1, 0.15) is 13.2 Å². The van der Waals surface area contributed by atoms with Gasteiger partial charge in [0.25, 0.3) is 0 Å². The van der Waals surface area contributed by atoms with E-state index in [-0.39, 0.29) is 19.1 Å². The zero-order valence-electron chi connectivity index (χ0n) is 46.8. The Kier molecular flexibility index (Phi) is 50.7. The Morgan fingerprint density at radius 3 is 1.26 bits per heavy atom. The van der Waals surface area contributed by atoms with Crippen LogP contribution in [0.5, 0.6) is 0 Å². The molecule has 0 aliphatic rings. The van der Waals surface area contributed by atoms with E-state index in [2.05, 4.69) is 67.8 Å². The molecule has 0 rings (SSSR count). The van der Waals surface area contributed by atoms with Crippen LogP contribution in [0.15, 0.2) is 60.8 Å². The third-order valence-electron chi connectivity index (χ3n) is 13.2. The molecule has 410 valence electrons. The van der Waals surface area contributed by atoms with E-state index in [0.717, 1.165) is 64.2 Å². The molecular formula is C61H116N2O6P+. The van der Waals surface area contributed by atoms with Crippen molar-refractivity contribution >= 4 is 13.7 Å². The number of aliphatic hydroxyl groups excluding tert-OH is 1. The highest BCUT2D eigenvalue weighted by Gasteiger charge is 2.27. The van der Waals surface area contributed by atoms with E-state index < -0.39 is 20.0 Å². The first-order valence-electron chi connectivity index (χ1n) is 29.7. The summed E-state index contributed by atoms with van der Waals surface area (Å²) in [5.74, 6) is -0.178. The van der Waals surface area contributed by atoms with Crippen molar-refractivity contribution in [2.45, 2.75) is 283 Å². The first-order valence-corrected chi connectivity index (χ1v) is 31.2. The summed E-state index contributed by atoms with van der Waals surface area (Å²) < 4.78 is 23.7. The molecule has 0 saturated carbocycles. The lowest BCUT2D eigenvalue weighted by molar-refractivity contribution is -0.870. The molecule has 70 heavy (non-hydrogen) atoms. The van der Waals surface area contributed by atoms with Gasteiger partial charge in [-0.3, -0.25) is 13.8 Å². The number of rotatable bonds is 54. The fourth-order valence-electron chi connectivity index (χ4n) is 8.62. The molecule has 0 aromatic heterocycles. The number of amides is 1. The number of unbranched alkanes of at least 4 members (excludes halogenated alkanes) is 33. The second-order valence-corrected chi connectivity index (χ2v) is 22.8. The van der Waals surface area contributed by atoms with Gasteiger partial charge in [0, 0.05) is 6.42 Å². The SMILES string of the molecule is CC/C=C\C/C=C\C/C=C\C/C=C\CCCCCCCCCCCCCCC(=O)NC(COP(=O)(O)OCC[N+](C)(C)C)C(O)/C=C/CCCCCCCCCCCCCCCCCCCCCCC. The molecule has 3 unspecified atom stereocenters. The van der Waals surface area contributed by atoms with E-state index >= 15 is 0 Å². The predicted octanol–water partition coefficient (Wildman–Crippen LogP) is 18.1. The second kappa shape index (κ2) is 52.1. The molecule has 0 spiro atoms. The van der Waals surface area contributed by atoms with Gasteiger partial charge >= 0.3 is 7.82 Å². The van der Waals surface area contributed by atoms with E-state index in [9.17, 15) is 19.4 Å². The molecular weight excluding hydrogens is 888 g/mol.